The Hall–Kier alpha value is -1.97. The predicted octanol–water partition coefficient (Wildman–Crippen LogP) is 2.04. The molecule has 0 aliphatic carbocycles. The summed E-state index contributed by atoms with van der Waals surface area (Å²) in [5.74, 6) is 0.695. The molecule has 3 N–H and O–H groups in total. The molecule has 0 bridgehead atoms. The quantitative estimate of drug-likeness (QED) is 0.442. The van der Waals surface area contributed by atoms with Crippen molar-refractivity contribution in [3.05, 3.63) is 60.2 Å². The van der Waals surface area contributed by atoms with E-state index in [1.807, 2.05) is 44.2 Å². The molecule has 0 aliphatic heterocycles. The fourth-order valence-corrected chi connectivity index (χ4v) is 4.87. The molecule has 30 heavy (non-hydrogen) atoms. The molecule has 0 saturated heterocycles. The summed E-state index contributed by atoms with van der Waals surface area (Å²) in [5.41, 5.74) is 6.99. The summed E-state index contributed by atoms with van der Waals surface area (Å²) in [4.78, 5) is 0.178. The second-order valence-corrected chi connectivity index (χ2v) is 9.59. The van der Waals surface area contributed by atoms with Gasteiger partial charge < -0.3 is 9.84 Å². The summed E-state index contributed by atoms with van der Waals surface area (Å²) in [6, 6.07) is 15.7. The van der Waals surface area contributed by atoms with Crippen LogP contribution in [0.3, 0.4) is 0 Å². The molecule has 0 heterocycles. The van der Waals surface area contributed by atoms with E-state index in [0.29, 0.717) is 18.7 Å². The van der Waals surface area contributed by atoms with Crippen LogP contribution >= 0.6 is 0 Å². The molecule has 0 aromatic heterocycles. The van der Waals surface area contributed by atoms with Crippen molar-refractivity contribution < 1.29 is 18.3 Å². The smallest absolute Gasteiger partial charge is 0.243 e. The highest BCUT2D eigenvalue weighted by Gasteiger charge is 2.30. The predicted molar refractivity (Wildman–Crippen MR) is 119 cm³/mol. The molecule has 0 radical (unpaired) electrons. The molecule has 166 valence electrons. The van der Waals surface area contributed by atoms with E-state index in [1.165, 1.54) is 23.5 Å². The average molecular weight is 436 g/mol. The molecule has 2 aromatic carbocycles. The topological polar surface area (TPSA) is 90.9 Å². The minimum Gasteiger partial charge on any atom is -0.497 e. The number of aliphatic hydroxyl groups excluding tert-OH is 1. The Balaban J connectivity index is 2.23. The molecule has 0 spiro atoms. The van der Waals surface area contributed by atoms with Crippen LogP contribution in [0.2, 0.25) is 0 Å². The number of hydrazine groups is 1. The van der Waals surface area contributed by atoms with E-state index < -0.39 is 16.1 Å². The molecule has 2 rings (SSSR count). The van der Waals surface area contributed by atoms with E-state index in [9.17, 15) is 13.5 Å². The minimum atomic E-state index is -3.77. The molecule has 0 saturated carbocycles. The van der Waals surface area contributed by atoms with Gasteiger partial charge in [-0.3, -0.25) is 10.9 Å². The van der Waals surface area contributed by atoms with E-state index in [0.717, 1.165) is 5.56 Å². The van der Waals surface area contributed by atoms with Gasteiger partial charge in [-0.1, -0.05) is 44.2 Å². The van der Waals surface area contributed by atoms with Crippen molar-refractivity contribution in [3.63, 3.8) is 0 Å². The lowest BCUT2D eigenvalue weighted by Crippen LogP contribution is -2.52. The van der Waals surface area contributed by atoms with Crippen LogP contribution in [-0.2, 0) is 16.4 Å². The van der Waals surface area contributed by atoms with Crippen molar-refractivity contribution in [1.82, 2.24) is 15.2 Å². The number of hydrogen-bond acceptors (Lipinski definition) is 6. The number of rotatable bonds is 12. The Labute approximate surface area is 180 Å². The number of aliphatic hydroxyl groups is 1. The third-order valence-corrected chi connectivity index (χ3v) is 6.60. The molecule has 8 heteroatoms. The number of sulfonamides is 1. The summed E-state index contributed by atoms with van der Waals surface area (Å²) in [7, 11) is -0.507. The SMILES string of the molecule is CNN[C@@H](Cc1ccccc1)[C@H](O)CN(CC(C)C)S(=O)(=O)c1ccc(OC)cc1. The van der Waals surface area contributed by atoms with E-state index in [2.05, 4.69) is 10.9 Å². The highest BCUT2D eigenvalue weighted by Crippen LogP contribution is 2.21. The molecule has 0 fully saturated rings. The molecule has 7 nitrogen and oxygen atoms in total. The standard InChI is InChI=1S/C22H33N3O4S/c1-17(2)15-25(30(27,28)20-12-10-19(29-4)11-13-20)16-22(26)21(24-23-3)14-18-8-6-5-7-9-18/h5-13,17,21-24,26H,14-16H2,1-4H3/t21-,22+/m0/s1. The largest absolute Gasteiger partial charge is 0.497 e. The summed E-state index contributed by atoms with van der Waals surface area (Å²) < 4.78 is 33.0. The lowest BCUT2D eigenvalue weighted by atomic mass is 10.0. The number of nitrogens with one attached hydrogen (secondary N) is 2. The van der Waals surface area contributed by atoms with Gasteiger partial charge in [-0.05, 0) is 49.2 Å². The maximum Gasteiger partial charge on any atom is 0.243 e. The Morgan fingerprint density at radius 1 is 1.03 bits per heavy atom. The summed E-state index contributed by atoms with van der Waals surface area (Å²) in [6.45, 7) is 4.20. The summed E-state index contributed by atoms with van der Waals surface area (Å²) in [5, 5.41) is 10.9. The Kier molecular flexibility index (Phi) is 9.26. The second kappa shape index (κ2) is 11.4. The normalized spacial score (nSPS) is 14.1. The molecule has 2 atom stereocenters. The molecular formula is C22H33N3O4S. The van der Waals surface area contributed by atoms with Crippen molar-refractivity contribution in [2.24, 2.45) is 5.92 Å². The van der Waals surface area contributed by atoms with Crippen LogP contribution in [0.4, 0.5) is 0 Å². The van der Waals surface area contributed by atoms with Crippen LogP contribution in [0, 0.1) is 5.92 Å². The summed E-state index contributed by atoms with van der Waals surface area (Å²) in [6.07, 6.45) is -0.356. The van der Waals surface area contributed by atoms with Crippen LogP contribution in [0.15, 0.2) is 59.5 Å². The van der Waals surface area contributed by atoms with E-state index in [4.69, 9.17) is 4.74 Å². The first-order valence-corrected chi connectivity index (χ1v) is 11.5. The molecule has 0 aliphatic rings. The van der Waals surface area contributed by atoms with E-state index in [1.54, 1.807) is 19.2 Å². The number of methoxy groups -OCH3 is 1. The third kappa shape index (κ3) is 6.78. The van der Waals surface area contributed by atoms with Crippen molar-refractivity contribution in [1.29, 1.82) is 0 Å². The Morgan fingerprint density at radius 2 is 1.67 bits per heavy atom. The molecular weight excluding hydrogens is 402 g/mol. The van der Waals surface area contributed by atoms with Gasteiger partial charge in [0, 0.05) is 13.1 Å². The van der Waals surface area contributed by atoms with Gasteiger partial charge in [0.15, 0.2) is 0 Å². The third-order valence-electron chi connectivity index (χ3n) is 4.75. The zero-order chi connectivity index (χ0) is 22.1. The second-order valence-electron chi connectivity index (χ2n) is 7.65. The number of benzene rings is 2. The van der Waals surface area contributed by atoms with Gasteiger partial charge in [-0.25, -0.2) is 8.42 Å². The van der Waals surface area contributed by atoms with Gasteiger partial charge in [0.05, 0.1) is 24.2 Å². The first kappa shape index (κ1) is 24.3. The zero-order valence-corrected chi connectivity index (χ0v) is 18.9. The molecule has 2 aromatic rings. The first-order valence-electron chi connectivity index (χ1n) is 10.1. The van der Waals surface area contributed by atoms with Gasteiger partial charge >= 0.3 is 0 Å². The fraction of sp³-hybridized carbons (Fsp3) is 0.455. The molecule has 0 unspecified atom stereocenters. The van der Waals surface area contributed by atoms with Gasteiger partial charge in [-0.15, -0.1) is 0 Å². The Morgan fingerprint density at radius 3 is 2.20 bits per heavy atom. The van der Waals surface area contributed by atoms with Gasteiger partial charge in [0.1, 0.15) is 5.75 Å². The Bertz CT molecular complexity index is 858. The highest BCUT2D eigenvalue weighted by molar-refractivity contribution is 7.89. The molecule has 0 amide bonds. The van der Waals surface area contributed by atoms with Crippen LogP contribution in [0.1, 0.15) is 19.4 Å². The van der Waals surface area contributed by atoms with Crippen molar-refractivity contribution in [3.8, 4) is 5.75 Å². The number of hydrogen-bond donors (Lipinski definition) is 3. The maximum absolute atomic E-state index is 13.3. The lowest BCUT2D eigenvalue weighted by Gasteiger charge is -2.30. The van der Waals surface area contributed by atoms with Crippen molar-refractivity contribution >= 4 is 10.0 Å². The number of nitrogens with zero attached hydrogens (tertiary/aromatic N) is 1. The summed E-state index contributed by atoms with van der Waals surface area (Å²) >= 11 is 0. The van der Waals surface area contributed by atoms with Crippen LogP contribution in [-0.4, -0.2) is 57.2 Å². The van der Waals surface area contributed by atoms with Gasteiger partial charge in [0.2, 0.25) is 10.0 Å². The van der Waals surface area contributed by atoms with E-state index >= 15 is 0 Å². The highest BCUT2D eigenvalue weighted by atomic mass is 32.2. The van der Waals surface area contributed by atoms with Crippen LogP contribution in [0.25, 0.3) is 0 Å². The zero-order valence-electron chi connectivity index (χ0n) is 18.1. The van der Waals surface area contributed by atoms with E-state index in [-0.39, 0.29) is 23.4 Å². The van der Waals surface area contributed by atoms with Crippen molar-refractivity contribution in [2.75, 3.05) is 27.2 Å². The van der Waals surface area contributed by atoms with Gasteiger partial charge in [-0.2, -0.15) is 4.31 Å². The van der Waals surface area contributed by atoms with Gasteiger partial charge in [0.25, 0.3) is 0 Å². The average Bonchev–Trinajstić information content (AvgIpc) is 2.73. The minimum absolute atomic E-state index is 0.0152. The van der Waals surface area contributed by atoms with Crippen LogP contribution < -0.4 is 15.6 Å². The lowest BCUT2D eigenvalue weighted by molar-refractivity contribution is 0.0965. The number of ether oxygens (including phenoxy) is 1. The van der Waals surface area contributed by atoms with Crippen molar-refractivity contribution in [2.45, 2.75) is 37.3 Å². The van der Waals surface area contributed by atoms with Crippen LogP contribution in [0.5, 0.6) is 5.75 Å². The maximum atomic E-state index is 13.3. The monoisotopic (exact) mass is 435 g/mol. The first-order chi connectivity index (χ1) is 14.3. The fourth-order valence-electron chi connectivity index (χ4n) is 3.25.